The SMILES string of the molecule is OC(Cl)(Cl)C(Cl)(OCl)C(Cl)(OCl)c1ccccc1. The maximum Gasteiger partial charge on any atom is 0.268 e. The van der Waals surface area contributed by atoms with Crippen molar-refractivity contribution in [3.63, 3.8) is 0 Å². The minimum absolute atomic E-state index is 0.219. The first-order valence-electron chi connectivity index (χ1n) is 4.36. The Hall–Kier alpha value is 0.840. The molecule has 0 aliphatic carbocycles. The Balaban J connectivity index is 3.39. The van der Waals surface area contributed by atoms with Crippen LogP contribution in [0.2, 0.25) is 0 Å². The van der Waals surface area contributed by atoms with Crippen LogP contribution < -0.4 is 0 Å². The van der Waals surface area contributed by atoms with Crippen molar-refractivity contribution in [3.05, 3.63) is 35.9 Å². The van der Waals surface area contributed by atoms with Crippen LogP contribution in [-0.2, 0) is 13.6 Å². The summed E-state index contributed by atoms with van der Waals surface area (Å²) < 4.78 is 6.28. The van der Waals surface area contributed by atoms with Crippen LogP contribution >= 0.6 is 70.1 Å². The molecule has 0 radical (unpaired) electrons. The highest BCUT2D eigenvalue weighted by Crippen LogP contribution is 2.55. The highest BCUT2D eigenvalue weighted by atomic mass is 35.5. The van der Waals surface area contributed by atoms with Crippen LogP contribution in [-0.4, -0.2) is 14.7 Å². The van der Waals surface area contributed by atoms with Crippen molar-refractivity contribution in [1.82, 2.24) is 0 Å². The minimum Gasteiger partial charge on any atom is -0.359 e. The third-order valence-electron chi connectivity index (χ3n) is 2.16. The molecule has 0 heterocycles. The Morgan fingerprint density at radius 1 is 0.889 bits per heavy atom. The molecule has 2 atom stereocenters. The van der Waals surface area contributed by atoms with Gasteiger partial charge in [0.2, 0.25) is 5.06 Å². The summed E-state index contributed by atoms with van der Waals surface area (Å²) >= 11 is 33.6. The fourth-order valence-corrected chi connectivity index (χ4v) is 2.69. The van der Waals surface area contributed by atoms with E-state index in [4.69, 9.17) is 70.1 Å². The third kappa shape index (κ3) is 2.80. The topological polar surface area (TPSA) is 38.7 Å². The van der Waals surface area contributed by atoms with Gasteiger partial charge in [-0.25, -0.2) is 8.58 Å². The molecule has 1 rings (SSSR count). The monoisotopic (exact) mass is 372 g/mol. The van der Waals surface area contributed by atoms with Crippen molar-refractivity contribution in [2.45, 2.75) is 14.6 Å². The minimum atomic E-state index is -2.69. The lowest BCUT2D eigenvalue weighted by Gasteiger charge is -2.41. The number of halogens is 6. The van der Waals surface area contributed by atoms with Crippen LogP contribution in [0.3, 0.4) is 0 Å². The fourth-order valence-electron chi connectivity index (χ4n) is 1.22. The molecule has 0 fully saturated rings. The molecule has 0 spiro atoms. The molecule has 2 unspecified atom stereocenters. The average Bonchev–Trinajstić information content (AvgIpc) is 2.36. The Morgan fingerprint density at radius 3 is 1.72 bits per heavy atom. The first-order chi connectivity index (χ1) is 8.23. The molecule has 0 amide bonds. The number of alkyl halides is 4. The lowest BCUT2D eigenvalue weighted by molar-refractivity contribution is -0.0684. The summed E-state index contributed by atoms with van der Waals surface area (Å²) in [6, 6.07) is 7.95. The average molecular weight is 375 g/mol. The number of hydrogen-bond acceptors (Lipinski definition) is 3. The standard InChI is InChI=1S/C9H6Cl6O3/c10-7(17-14,6-4-2-1-3-5-6)8(11,18-15)9(12,13)16/h1-5,16H. The molecule has 1 aromatic rings. The van der Waals surface area contributed by atoms with Gasteiger partial charge in [-0.05, 0) is 0 Å². The van der Waals surface area contributed by atoms with Crippen LogP contribution in [0.1, 0.15) is 5.56 Å². The predicted molar refractivity (Wildman–Crippen MR) is 73.1 cm³/mol. The summed E-state index contributed by atoms with van der Waals surface area (Å²) in [4.78, 5) is 0. The van der Waals surface area contributed by atoms with Gasteiger partial charge in [0.05, 0.1) is 23.7 Å². The van der Waals surface area contributed by atoms with Crippen LogP contribution in [0.4, 0.5) is 0 Å². The van der Waals surface area contributed by atoms with Gasteiger partial charge in [0.25, 0.3) is 9.58 Å². The zero-order valence-corrected chi connectivity index (χ0v) is 13.0. The van der Waals surface area contributed by atoms with Crippen molar-refractivity contribution in [2.24, 2.45) is 0 Å². The third-order valence-corrected chi connectivity index (χ3v) is 4.78. The van der Waals surface area contributed by atoms with E-state index in [0.717, 1.165) is 0 Å². The molecular weight excluding hydrogens is 369 g/mol. The molecule has 3 nitrogen and oxygen atoms in total. The van der Waals surface area contributed by atoms with Gasteiger partial charge in [0.1, 0.15) is 0 Å². The van der Waals surface area contributed by atoms with Gasteiger partial charge in [-0.15, -0.1) is 0 Å². The highest BCUT2D eigenvalue weighted by Gasteiger charge is 2.66. The molecule has 0 aromatic heterocycles. The lowest BCUT2D eigenvalue weighted by atomic mass is 10.0. The van der Waals surface area contributed by atoms with E-state index in [0.29, 0.717) is 0 Å². The quantitative estimate of drug-likeness (QED) is 0.772. The van der Waals surface area contributed by atoms with Gasteiger partial charge < -0.3 is 5.11 Å². The van der Waals surface area contributed by atoms with Crippen LogP contribution in [0.15, 0.2) is 30.3 Å². The van der Waals surface area contributed by atoms with Gasteiger partial charge >= 0.3 is 0 Å². The van der Waals surface area contributed by atoms with E-state index in [9.17, 15) is 5.11 Å². The smallest absolute Gasteiger partial charge is 0.268 e. The predicted octanol–water partition coefficient (Wildman–Crippen LogP) is 4.48. The maximum absolute atomic E-state index is 9.63. The first-order valence-corrected chi connectivity index (χ1v) is 6.49. The van der Waals surface area contributed by atoms with Crippen LogP contribution in [0.5, 0.6) is 0 Å². The zero-order chi connectivity index (χ0) is 14.0. The summed E-state index contributed by atoms with van der Waals surface area (Å²) in [5.74, 6) is 0. The van der Waals surface area contributed by atoms with Crippen LogP contribution in [0.25, 0.3) is 0 Å². The number of aliphatic hydroxyl groups is 1. The number of rotatable bonds is 5. The molecule has 0 aliphatic rings. The van der Waals surface area contributed by atoms with Crippen molar-refractivity contribution >= 4 is 70.1 Å². The van der Waals surface area contributed by atoms with Gasteiger partial charge in [-0.1, -0.05) is 76.7 Å². The van der Waals surface area contributed by atoms with E-state index in [1.54, 1.807) is 18.2 Å². The van der Waals surface area contributed by atoms with Gasteiger partial charge in [0, 0.05) is 5.56 Å². The van der Waals surface area contributed by atoms with E-state index in [2.05, 4.69) is 8.58 Å². The molecule has 9 heteroatoms. The van der Waals surface area contributed by atoms with E-state index < -0.39 is 14.6 Å². The molecule has 0 aliphatic heterocycles. The Morgan fingerprint density at radius 2 is 1.39 bits per heavy atom. The molecule has 0 saturated heterocycles. The molecule has 102 valence electrons. The fraction of sp³-hybridized carbons (Fsp3) is 0.333. The lowest BCUT2D eigenvalue weighted by Crippen LogP contribution is -2.56. The Labute approximate surface area is 134 Å². The molecule has 1 N–H and O–H groups in total. The molecular formula is C9H6Cl6O3. The van der Waals surface area contributed by atoms with Crippen molar-refractivity contribution in [2.75, 3.05) is 0 Å². The second-order valence-corrected chi connectivity index (χ2v) is 5.91. The van der Waals surface area contributed by atoms with Crippen LogP contribution in [0, 0.1) is 0 Å². The summed E-state index contributed by atoms with van der Waals surface area (Å²) in [6.07, 6.45) is 0. The molecule has 0 bridgehead atoms. The van der Waals surface area contributed by atoms with Gasteiger partial charge in [0.15, 0.2) is 0 Å². The first kappa shape index (κ1) is 16.9. The van der Waals surface area contributed by atoms with E-state index >= 15 is 0 Å². The second kappa shape index (κ2) is 6.08. The second-order valence-electron chi connectivity index (χ2n) is 3.25. The summed E-state index contributed by atoms with van der Waals surface area (Å²) in [7, 11) is 0. The highest BCUT2D eigenvalue weighted by molar-refractivity contribution is 6.53. The molecule has 18 heavy (non-hydrogen) atoms. The van der Waals surface area contributed by atoms with Gasteiger partial charge in [-0.3, -0.25) is 0 Å². The Bertz CT molecular complexity index is 397. The number of hydrogen-bond donors (Lipinski definition) is 1. The summed E-state index contributed by atoms with van der Waals surface area (Å²) in [5.41, 5.74) is 0.219. The Kier molecular flexibility index (Phi) is 5.71. The summed E-state index contributed by atoms with van der Waals surface area (Å²) in [5, 5.41) is 5.01. The normalized spacial score (nSPS) is 19.1. The molecule has 1 aromatic carbocycles. The van der Waals surface area contributed by atoms with Gasteiger partial charge in [-0.2, -0.15) is 0 Å². The van der Waals surface area contributed by atoms with Crippen molar-refractivity contribution in [3.8, 4) is 0 Å². The summed E-state index contributed by atoms with van der Waals surface area (Å²) in [6.45, 7) is 0. The van der Waals surface area contributed by atoms with E-state index in [1.165, 1.54) is 12.1 Å². The largest absolute Gasteiger partial charge is 0.359 e. The van der Waals surface area contributed by atoms with Crippen molar-refractivity contribution in [1.29, 1.82) is 0 Å². The zero-order valence-electron chi connectivity index (χ0n) is 8.42. The van der Waals surface area contributed by atoms with E-state index in [-0.39, 0.29) is 5.56 Å². The maximum atomic E-state index is 9.63. The van der Waals surface area contributed by atoms with E-state index in [1.807, 2.05) is 0 Å². The van der Waals surface area contributed by atoms with Crippen molar-refractivity contribution < 1.29 is 13.7 Å². The number of benzene rings is 1. The molecule has 0 saturated carbocycles.